The van der Waals surface area contributed by atoms with Crippen LogP contribution in [-0.2, 0) is 19.4 Å². The third-order valence-corrected chi connectivity index (χ3v) is 5.53. The van der Waals surface area contributed by atoms with Gasteiger partial charge in [0.25, 0.3) is 0 Å². The highest BCUT2D eigenvalue weighted by Gasteiger charge is 2.10. The molecule has 0 radical (unpaired) electrons. The first-order valence-electron chi connectivity index (χ1n) is 12.0. The Balaban J connectivity index is 1.66. The van der Waals surface area contributed by atoms with E-state index in [1.165, 1.54) is 24.0 Å². The molecule has 0 saturated carbocycles. The lowest BCUT2D eigenvalue weighted by Crippen LogP contribution is -2.27. The molecule has 0 unspecified atom stereocenters. The average Bonchev–Trinajstić information content (AvgIpc) is 2.83. The van der Waals surface area contributed by atoms with Gasteiger partial charge in [0.05, 0.1) is 6.61 Å². The van der Waals surface area contributed by atoms with E-state index >= 15 is 0 Å². The number of hydrogen-bond donors (Lipinski definition) is 0. The van der Waals surface area contributed by atoms with Crippen molar-refractivity contribution in [3.05, 3.63) is 95.6 Å². The fourth-order valence-corrected chi connectivity index (χ4v) is 3.85. The Morgan fingerprint density at radius 2 is 1.25 bits per heavy atom. The highest BCUT2D eigenvalue weighted by atomic mass is 16.5. The Hall–Kier alpha value is -2.78. The molecule has 0 fully saturated rings. The lowest BCUT2D eigenvalue weighted by Gasteiger charge is -2.21. The molecule has 170 valence electrons. The van der Waals surface area contributed by atoms with Crippen LogP contribution in [0.2, 0.25) is 0 Å². The molecule has 0 saturated heterocycles. The first kappa shape index (κ1) is 23.9. The zero-order valence-electron chi connectivity index (χ0n) is 19.6. The SMILES string of the molecule is CCCN(CCC)CCc1ccc(OCc2ccccc2)c(OCCc2ccccc2)c1. The molecule has 0 amide bonds. The van der Waals surface area contributed by atoms with Crippen molar-refractivity contribution in [2.24, 2.45) is 0 Å². The van der Waals surface area contributed by atoms with Crippen LogP contribution in [0.3, 0.4) is 0 Å². The Morgan fingerprint density at radius 3 is 1.91 bits per heavy atom. The van der Waals surface area contributed by atoms with E-state index in [-0.39, 0.29) is 0 Å². The molecule has 0 bridgehead atoms. The zero-order chi connectivity index (χ0) is 22.4. The van der Waals surface area contributed by atoms with Crippen LogP contribution in [0.5, 0.6) is 11.5 Å². The number of benzene rings is 3. The fraction of sp³-hybridized carbons (Fsp3) is 0.379. The van der Waals surface area contributed by atoms with Crippen molar-refractivity contribution in [3.8, 4) is 11.5 Å². The molecule has 0 N–H and O–H groups in total. The molecular weight excluding hydrogens is 394 g/mol. The topological polar surface area (TPSA) is 21.7 Å². The van der Waals surface area contributed by atoms with E-state index in [1.807, 2.05) is 24.3 Å². The van der Waals surface area contributed by atoms with E-state index < -0.39 is 0 Å². The van der Waals surface area contributed by atoms with Gasteiger partial charge in [0.1, 0.15) is 6.61 Å². The summed E-state index contributed by atoms with van der Waals surface area (Å²) in [4.78, 5) is 2.55. The van der Waals surface area contributed by atoms with E-state index in [0.717, 1.165) is 49.5 Å². The van der Waals surface area contributed by atoms with Gasteiger partial charge in [-0.1, -0.05) is 80.6 Å². The highest BCUT2D eigenvalue weighted by molar-refractivity contribution is 5.43. The molecule has 3 aromatic rings. The van der Waals surface area contributed by atoms with E-state index in [4.69, 9.17) is 9.47 Å². The minimum Gasteiger partial charge on any atom is -0.489 e. The lowest BCUT2D eigenvalue weighted by molar-refractivity contribution is 0.262. The van der Waals surface area contributed by atoms with Crippen LogP contribution in [0.4, 0.5) is 0 Å². The predicted octanol–water partition coefficient (Wildman–Crippen LogP) is 6.55. The molecule has 0 heterocycles. The van der Waals surface area contributed by atoms with Crippen molar-refractivity contribution in [3.63, 3.8) is 0 Å². The third-order valence-electron chi connectivity index (χ3n) is 5.53. The van der Waals surface area contributed by atoms with Gasteiger partial charge in [-0.3, -0.25) is 0 Å². The van der Waals surface area contributed by atoms with Gasteiger partial charge in [-0.2, -0.15) is 0 Å². The highest BCUT2D eigenvalue weighted by Crippen LogP contribution is 2.30. The first-order valence-corrected chi connectivity index (χ1v) is 12.0. The first-order chi connectivity index (χ1) is 15.8. The second-order valence-corrected chi connectivity index (χ2v) is 8.23. The molecule has 0 aliphatic heterocycles. The Labute approximate surface area is 194 Å². The van der Waals surface area contributed by atoms with Crippen molar-refractivity contribution in [1.82, 2.24) is 4.90 Å². The standard InChI is InChI=1S/C29H37NO2/c1-3-19-30(20-4-2)21-17-26-15-16-28(32-24-27-13-9-6-10-14-27)29(23-26)31-22-18-25-11-7-5-8-12-25/h5-16,23H,3-4,17-22,24H2,1-2H3. The number of nitrogens with zero attached hydrogens (tertiary/aromatic N) is 1. The summed E-state index contributed by atoms with van der Waals surface area (Å²) >= 11 is 0. The maximum absolute atomic E-state index is 6.23. The van der Waals surface area contributed by atoms with Crippen molar-refractivity contribution < 1.29 is 9.47 Å². The lowest BCUT2D eigenvalue weighted by atomic mass is 10.1. The summed E-state index contributed by atoms with van der Waals surface area (Å²) in [5.74, 6) is 1.65. The quantitative estimate of drug-likeness (QED) is 0.289. The van der Waals surface area contributed by atoms with Gasteiger partial charge in [0.15, 0.2) is 11.5 Å². The van der Waals surface area contributed by atoms with Crippen molar-refractivity contribution in [2.45, 2.75) is 46.1 Å². The van der Waals surface area contributed by atoms with E-state index in [9.17, 15) is 0 Å². The third kappa shape index (κ3) is 8.05. The Kier molecular flexibility index (Phi) is 10.1. The second kappa shape index (κ2) is 13.6. The van der Waals surface area contributed by atoms with Crippen LogP contribution >= 0.6 is 0 Å². The van der Waals surface area contributed by atoms with Crippen LogP contribution in [-0.4, -0.2) is 31.1 Å². The Bertz CT molecular complexity index is 890. The van der Waals surface area contributed by atoms with E-state index in [1.54, 1.807) is 0 Å². The van der Waals surface area contributed by atoms with Gasteiger partial charge in [-0.15, -0.1) is 0 Å². The minimum absolute atomic E-state index is 0.538. The maximum Gasteiger partial charge on any atom is 0.161 e. The van der Waals surface area contributed by atoms with Crippen LogP contribution in [0.25, 0.3) is 0 Å². The molecule has 0 aliphatic carbocycles. The molecule has 3 rings (SSSR count). The number of hydrogen-bond acceptors (Lipinski definition) is 3. The van der Waals surface area contributed by atoms with Crippen LogP contribution < -0.4 is 9.47 Å². The van der Waals surface area contributed by atoms with Gasteiger partial charge in [-0.25, -0.2) is 0 Å². The van der Waals surface area contributed by atoms with Gasteiger partial charge in [0, 0.05) is 13.0 Å². The summed E-state index contributed by atoms with van der Waals surface area (Å²) in [6.07, 6.45) is 4.29. The van der Waals surface area contributed by atoms with Gasteiger partial charge >= 0.3 is 0 Å². The van der Waals surface area contributed by atoms with Crippen LogP contribution in [0.1, 0.15) is 43.4 Å². The molecule has 32 heavy (non-hydrogen) atoms. The minimum atomic E-state index is 0.538. The monoisotopic (exact) mass is 431 g/mol. The molecule has 3 heteroatoms. The molecule has 3 nitrogen and oxygen atoms in total. The molecular formula is C29H37NO2. The van der Waals surface area contributed by atoms with Gasteiger partial charge in [0.2, 0.25) is 0 Å². The normalized spacial score (nSPS) is 11.0. The largest absolute Gasteiger partial charge is 0.489 e. The van der Waals surface area contributed by atoms with Crippen molar-refractivity contribution in [2.75, 3.05) is 26.2 Å². The fourth-order valence-electron chi connectivity index (χ4n) is 3.85. The van der Waals surface area contributed by atoms with Gasteiger partial charge in [-0.05, 0) is 61.2 Å². The second-order valence-electron chi connectivity index (χ2n) is 8.23. The molecule has 0 spiro atoms. The molecule has 0 aromatic heterocycles. The number of rotatable bonds is 14. The summed E-state index contributed by atoms with van der Waals surface area (Å²) in [5.41, 5.74) is 3.73. The van der Waals surface area contributed by atoms with E-state index in [2.05, 4.69) is 73.3 Å². The van der Waals surface area contributed by atoms with Crippen LogP contribution in [0, 0.1) is 0 Å². The van der Waals surface area contributed by atoms with Crippen molar-refractivity contribution >= 4 is 0 Å². The molecule has 3 aromatic carbocycles. The summed E-state index contributed by atoms with van der Waals surface area (Å²) in [6.45, 7) is 9.07. The van der Waals surface area contributed by atoms with E-state index in [0.29, 0.717) is 13.2 Å². The molecule has 0 aliphatic rings. The molecule has 0 atom stereocenters. The smallest absolute Gasteiger partial charge is 0.161 e. The van der Waals surface area contributed by atoms with Crippen molar-refractivity contribution in [1.29, 1.82) is 0 Å². The maximum atomic E-state index is 6.23. The predicted molar refractivity (Wildman–Crippen MR) is 134 cm³/mol. The summed E-state index contributed by atoms with van der Waals surface area (Å²) in [7, 11) is 0. The summed E-state index contributed by atoms with van der Waals surface area (Å²) in [6, 6.07) is 27.2. The zero-order valence-corrected chi connectivity index (χ0v) is 19.6. The average molecular weight is 432 g/mol. The summed E-state index contributed by atoms with van der Waals surface area (Å²) in [5, 5.41) is 0. The number of ether oxygens (including phenoxy) is 2. The van der Waals surface area contributed by atoms with Crippen LogP contribution in [0.15, 0.2) is 78.9 Å². The van der Waals surface area contributed by atoms with Gasteiger partial charge < -0.3 is 14.4 Å². The summed E-state index contributed by atoms with van der Waals surface area (Å²) < 4.78 is 12.4. The Morgan fingerprint density at radius 1 is 0.594 bits per heavy atom.